The summed E-state index contributed by atoms with van der Waals surface area (Å²) >= 11 is 12.2. The Morgan fingerprint density at radius 1 is 1.30 bits per heavy atom. The van der Waals surface area contributed by atoms with Gasteiger partial charge in [0, 0.05) is 22.2 Å². The van der Waals surface area contributed by atoms with Gasteiger partial charge in [-0.1, -0.05) is 29.3 Å². The molecule has 2 rings (SSSR count). The summed E-state index contributed by atoms with van der Waals surface area (Å²) in [5.41, 5.74) is 0.530. The molecule has 112 valence electrons. The second-order valence-electron chi connectivity index (χ2n) is 4.26. The molecule has 1 aliphatic heterocycles. The lowest BCUT2D eigenvalue weighted by molar-refractivity contribution is -0.0505. The van der Waals surface area contributed by atoms with Crippen molar-refractivity contribution in [3.63, 3.8) is 0 Å². The first kappa shape index (κ1) is 16.0. The Morgan fingerprint density at radius 3 is 2.45 bits per heavy atom. The monoisotopic (exact) mass is 341 g/mol. The van der Waals surface area contributed by atoms with Crippen molar-refractivity contribution >= 4 is 33.5 Å². The average molecular weight is 342 g/mol. The van der Waals surface area contributed by atoms with Crippen LogP contribution < -0.4 is 4.72 Å². The Bertz CT molecular complexity index is 574. The van der Waals surface area contributed by atoms with E-state index in [9.17, 15) is 8.42 Å². The average Bonchev–Trinajstić information content (AvgIpc) is 2.67. The fourth-order valence-corrected chi connectivity index (χ4v) is 3.01. The third-order valence-electron chi connectivity index (χ3n) is 2.79. The van der Waals surface area contributed by atoms with Crippen LogP contribution in [-0.4, -0.2) is 31.9 Å². The lowest BCUT2D eigenvalue weighted by atomic mass is 10.0. The van der Waals surface area contributed by atoms with Crippen LogP contribution in [0.2, 0.25) is 10.0 Å². The van der Waals surface area contributed by atoms with Gasteiger partial charge in [0.15, 0.2) is 6.29 Å². The van der Waals surface area contributed by atoms with E-state index in [-0.39, 0.29) is 6.54 Å². The molecule has 1 aromatic rings. The first-order valence-electron chi connectivity index (χ1n) is 5.75. The number of hydrogen-bond acceptors (Lipinski definition) is 4. The summed E-state index contributed by atoms with van der Waals surface area (Å²) in [5, 5.41) is 0.800. The minimum atomic E-state index is -4.31. The van der Waals surface area contributed by atoms with Gasteiger partial charge in [-0.15, -0.1) is 0 Å². The van der Waals surface area contributed by atoms with Crippen LogP contribution in [0, 0.1) is 0 Å². The summed E-state index contributed by atoms with van der Waals surface area (Å²) in [4.78, 5) is 0. The van der Waals surface area contributed by atoms with Crippen LogP contribution in [0.3, 0.4) is 0 Å². The second-order valence-corrected chi connectivity index (χ2v) is 6.31. The van der Waals surface area contributed by atoms with Crippen molar-refractivity contribution < 1.29 is 22.4 Å². The highest BCUT2D eigenvalue weighted by Crippen LogP contribution is 2.39. The molecule has 0 bridgehead atoms. The Labute approximate surface area is 126 Å². The van der Waals surface area contributed by atoms with Crippen molar-refractivity contribution in [2.45, 2.75) is 25.4 Å². The molecule has 20 heavy (non-hydrogen) atoms. The summed E-state index contributed by atoms with van der Waals surface area (Å²) in [6.07, 6.45) is -1.81. The number of ether oxygens (including phenoxy) is 2. The summed E-state index contributed by atoms with van der Waals surface area (Å²) in [6.45, 7) is 1.51. The van der Waals surface area contributed by atoms with Gasteiger partial charge in [-0.05, 0) is 19.1 Å². The van der Waals surface area contributed by atoms with Crippen molar-refractivity contribution in [2.75, 3.05) is 6.54 Å². The molecule has 0 aliphatic carbocycles. The van der Waals surface area contributed by atoms with Gasteiger partial charge < -0.3 is 9.47 Å². The van der Waals surface area contributed by atoms with E-state index < -0.39 is 28.8 Å². The maximum Gasteiger partial charge on any atom is 0.333 e. The molecule has 3 atom stereocenters. The predicted octanol–water partition coefficient (Wildman–Crippen LogP) is 2.19. The molecule has 2 N–H and O–H groups in total. The van der Waals surface area contributed by atoms with Crippen molar-refractivity contribution in [3.05, 3.63) is 33.8 Å². The van der Waals surface area contributed by atoms with E-state index in [2.05, 4.69) is 0 Å². The molecule has 0 aromatic heterocycles. The summed E-state index contributed by atoms with van der Waals surface area (Å²) in [5.74, 6) is 0. The van der Waals surface area contributed by atoms with Gasteiger partial charge >= 0.3 is 10.3 Å². The van der Waals surface area contributed by atoms with Crippen LogP contribution >= 0.6 is 23.2 Å². The normalized spacial score (nSPS) is 26.9. The molecule has 3 unspecified atom stereocenters. The lowest BCUT2D eigenvalue weighted by Crippen LogP contribution is -2.34. The number of hydrogen-bond donors (Lipinski definition) is 2. The highest BCUT2D eigenvalue weighted by atomic mass is 35.5. The predicted molar refractivity (Wildman–Crippen MR) is 74.2 cm³/mol. The van der Waals surface area contributed by atoms with Gasteiger partial charge in [0.25, 0.3) is 0 Å². The SMILES string of the molecule is CC1OC(CNS(=O)(=O)O)C(c2c(Cl)cccc2Cl)O1. The third-order valence-corrected chi connectivity index (χ3v) is 3.98. The number of benzene rings is 1. The zero-order valence-electron chi connectivity index (χ0n) is 10.4. The maximum atomic E-state index is 10.7. The second kappa shape index (κ2) is 6.15. The molecule has 0 saturated carbocycles. The minimum absolute atomic E-state index is 0.157. The van der Waals surface area contributed by atoms with Crippen LogP contribution in [0.1, 0.15) is 18.6 Å². The fourth-order valence-electron chi connectivity index (χ4n) is 2.02. The van der Waals surface area contributed by atoms with E-state index in [1.54, 1.807) is 25.1 Å². The van der Waals surface area contributed by atoms with E-state index in [4.69, 9.17) is 37.2 Å². The molecule has 0 amide bonds. The Hall–Kier alpha value is -0.410. The van der Waals surface area contributed by atoms with Crippen LogP contribution in [-0.2, 0) is 19.8 Å². The van der Waals surface area contributed by atoms with Crippen molar-refractivity contribution in [2.24, 2.45) is 0 Å². The number of nitrogens with one attached hydrogen (secondary N) is 1. The van der Waals surface area contributed by atoms with Gasteiger partial charge in [-0.25, -0.2) is 0 Å². The third kappa shape index (κ3) is 3.82. The van der Waals surface area contributed by atoms with Crippen LogP contribution in [0.4, 0.5) is 0 Å². The topological polar surface area (TPSA) is 84.9 Å². The molecule has 1 saturated heterocycles. The Balaban J connectivity index is 2.24. The molecule has 9 heteroatoms. The first-order valence-corrected chi connectivity index (χ1v) is 7.94. The zero-order valence-corrected chi connectivity index (χ0v) is 12.7. The highest BCUT2D eigenvalue weighted by molar-refractivity contribution is 7.83. The van der Waals surface area contributed by atoms with Crippen LogP contribution in [0.15, 0.2) is 18.2 Å². The van der Waals surface area contributed by atoms with E-state index in [1.165, 1.54) is 0 Å². The molecule has 1 heterocycles. The van der Waals surface area contributed by atoms with Crippen molar-refractivity contribution in [3.8, 4) is 0 Å². The van der Waals surface area contributed by atoms with Gasteiger partial charge in [-0.3, -0.25) is 4.55 Å². The number of rotatable bonds is 4. The summed E-state index contributed by atoms with van der Waals surface area (Å²) in [6, 6.07) is 5.00. The molecular weight excluding hydrogens is 329 g/mol. The van der Waals surface area contributed by atoms with E-state index >= 15 is 0 Å². The molecule has 6 nitrogen and oxygen atoms in total. The number of halogens is 2. The van der Waals surface area contributed by atoms with E-state index in [1.807, 2.05) is 4.72 Å². The molecule has 0 spiro atoms. The lowest BCUT2D eigenvalue weighted by Gasteiger charge is -2.19. The molecular formula is C11H13Cl2NO5S. The maximum absolute atomic E-state index is 10.7. The Kier molecular flexibility index (Phi) is 4.91. The van der Waals surface area contributed by atoms with E-state index in [0.29, 0.717) is 15.6 Å². The smallest absolute Gasteiger partial charge is 0.333 e. The molecule has 0 radical (unpaired) electrons. The largest absolute Gasteiger partial charge is 0.345 e. The zero-order chi connectivity index (χ0) is 14.9. The molecule has 1 aromatic carbocycles. The standard InChI is InChI=1S/C11H13Cl2NO5S/c1-6-18-9(5-14-20(15,16)17)11(19-6)10-7(12)3-2-4-8(10)13/h2-4,6,9,11,14H,5H2,1H3,(H,15,16,17). The van der Waals surface area contributed by atoms with E-state index in [0.717, 1.165) is 0 Å². The fraction of sp³-hybridized carbons (Fsp3) is 0.455. The quantitative estimate of drug-likeness (QED) is 0.820. The van der Waals surface area contributed by atoms with Gasteiger partial charge in [0.2, 0.25) is 0 Å². The molecule has 1 aliphatic rings. The summed E-state index contributed by atoms with van der Waals surface area (Å²) in [7, 11) is -4.31. The van der Waals surface area contributed by atoms with Gasteiger partial charge in [0.1, 0.15) is 12.2 Å². The van der Waals surface area contributed by atoms with Crippen LogP contribution in [0.5, 0.6) is 0 Å². The highest BCUT2D eigenvalue weighted by Gasteiger charge is 2.37. The van der Waals surface area contributed by atoms with Gasteiger partial charge in [0.05, 0.1) is 0 Å². The summed E-state index contributed by atoms with van der Waals surface area (Å²) < 4.78 is 43.2. The van der Waals surface area contributed by atoms with Gasteiger partial charge in [-0.2, -0.15) is 13.1 Å². The minimum Gasteiger partial charge on any atom is -0.345 e. The van der Waals surface area contributed by atoms with Crippen molar-refractivity contribution in [1.82, 2.24) is 4.72 Å². The molecule has 1 fully saturated rings. The van der Waals surface area contributed by atoms with Crippen LogP contribution in [0.25, 0.3) is 0 Å². The van der Waals surface area contributed by atoms with Crippen molar-refractivity contribution in [1.29, 1.82) is 0 Å². The first-order chi connectivity index (χ1) is 9.28. The Morgan fingerprint density at radius 2 is 1.90 bits per heavy atom.